The zero-order chi connectivity index (χ0) is 9.73. The molecule has 0 spiro atoms. The van der Waals surface area contributed by atoms with Gasteiger partial charge in [0.2, 0.25) is 0 Å². The highest BCUT2D eigenvalue weighted by Gasteiger charge is 2.49. The summed E-state index contributed by atoms with van der Waals surface area (Å²) in [5.41, 5.74) is -0.567. The number of hydrogen-bond acceptors (Lipinski definition) is 2. The molecule has 1 fully saturated rings. The number of carboxylic acids is 1. The second kappa shape index (κ2) is 4.65. The molecular formula is C9H16BNO2. The summed E-state index contributed by atoms with van der Waals surface area (Å²) in [6.45, 7) is 0.798. The molecule has 0 unspecified atom stereocenters. The second-order valence-electron chi connectivity index (χ2n) is 3.66. The fourth-order valence-electron chi connectivity index (χ4n) is 1.37. The Labute approximate surface area is 80.3 Å². The molecule has 4 heteroatoms. The molecule has 13 heavy (non-hydrogen) atoms. The zero-order valence-electron chi connectivity index (χ0n) is 7.88. The fourth-order valence-corrected chi connectivity index (χ4v) is 1.37. The lowest BCUT2D eigenvalue weighted by atomic mass is 9.99. The standard InChI is InChI=1S/C9H16BNO2/c10-6-2-1-3-7-11-9(4-5-9)8(12)13/h11H,1-7H2,(H,12,13). The lowest BCUT2D eigenvalue weighted by Crippen LogP contribution is -2.39. The first kappa shape index (κ1) is 10.6. The van der Waals surface area contributed by atoms with E-state index in [2.05, 4.69) is 5.32 Å². The van der Waals surface area contributed by atoms with Crippen molar-refractivity contribution in [3.8, 4) is 0 Å². The second-order valence-corrected chi connectivity index (χ2v) is 3.66. The van der Waals surface area contributed by atoms with Crippen molar-refractivity contribution in [2.24, 2.45) is 0 Å². The van der Waals surface area contributed by atoms with E-state index in [0.717, 1.165) is 45.0 Å². The third-order valence-electron chi connectivity index (χ3n) is 2.50. The van der Waals surface area contributed by atoms with Crippen LogP contribution >= 0.6 is 0 Å². The van der Waals surface area contributed by atoms with Gasteiger partial charge in [-0.1, -0.05) is 19.2 Å². The van der Waals surface area contributed by atoms with E-state index in [-0.39, 0.29) is 0 Å². The van der Waals surface area contributed by atoms with E-state index in [4.69, 9.17) is 13.0 Å². The predicted molar refractivity (Wildman–Crippen MR) is 52.0 cm³/mol. The summed E-state index contributed by atoms with van der Waals surface area (Å²) in [6.07, 6.45) is 5.41. The highest BCUT2D eigenvalue weighted by atomic mass is 16.4. The molecule has 1 aliphatic carbocycles. The first-order valence-corrected chi connectivity index (χ1v) is 4.90. The summed E-state index contributed by atoms with van der Waals surface area (Å²) in [5, 5.41) is 11.9. The molecule has 0 saturated heterocycles. The van der Waals surface area contributed by atoms with Crippen molar-refractivity contribution in [3.63, 3.8) is 0 Å². The lowest BCUT2D eigenvalue weighted by Gasteiger charge is -2.11. The topological polar surface area (TPSA) is 49.3 Å². The molecule has 3 nitrogen and oxygen atoms in total. The maximum Gasteiger partial charge on any atom is 0.323 e. The van der Waals surface area contributed by atoms with Crippen molar-refractivity contribution in [2.75, 3.05) is 6.54 Å². The highest BCUT2D eigenvalue weighted by Crippen LogP contribution is 2.35. The summed E-state index contributed by atoms with van der Waals surface area (Å²) in [6, 6.07) is 0. The predicted octanol–water partition coefficient (Wildman–Crippen LogP) is 0.950. The minimum absolute atomic E-state index is 0.567. The van der Waals surface area contributed by atoms with Crippen molar-refractivity contribution in [1.29, 1.82) is 0 Å². The van der Waals surface area contributed by atoms with Crippen LogP contribution in [0.2, 0.25) is 6.32 Å². The molecule has 0 aliphatic heterocycles. The van der Waals surface area contributed by atoms with Crippen molar-refractivity contribution < 1.29 is 9.90 Å². The van der Waals surface area contributed by atoms with E-state index in [9.17, 15) is 4.79 Å². The van der Waals surface area contributed by atoms with E-state index in [0.29, 0.717) is 0 Å². The Balaban J connectivity index is 2.03. The summed E-state index contributed by atoms with van der Waals surface area (Å²) in [4.78, 5) is 10.7. The van der Waals surface area contributed by atoms with Crippen LogP contribution in [0, 0.1) is 0 Å². The normalized spacial score (nSPS) is 18.5. The number of nitrogens with one attached hydrogen (secondary N) is 1. The molecule has 0 aromatic carbocycles. The molecule has 2 N–H and O–H groups in total. The summed E-state index contributed by atoms with van der Waals surface area (Å²) >= 11 is 0. The minimum atomic E-state index is -0.702. The van der Waals surface area contributed by atoms with Crippen LogP contribution in [-0.4, -0.2) is 31.0 Å². The van der Waals surface area contributed by atoms with Crippen molar-refractivity contribution >= 4 is 13.8 Å². The number of hydrogen-bond donors (Lipinski definition) is 2. The average Bonchev–Trinajstić information content (AvgIpc) is 2.85. The van der Waals surface area contributed by atoms with Crippen LogP contribution in [0.1, 0.15) is 32.1 Å². The van der Waals surface area contributed by atoms with Gasteiger partial charge in [-0.2, -0.15) is 0 Å². The van der Waals surface area contributed by atoms with Gasteiger partial charge >= 0.3 is 5.97 Å². The number of unbranched alkanes of at least 4 members (excludes halogenated alkanes) is 2. The molecular weight excluding hydrogens is 165 g/mol. The molecule has 0 amide bonds. The quantitative estimate of drug-likeness (QED) is 0.454. The van der Waals surface area contributed by atoms with Gasteiger partial charge in [0, 0.05) is 0 Å². The number of carboxylic acid groups (broad SMARTS) is 1. The maximum absolute atomic E-state index is 10.7. The van der Waals surface area contributed by atoms with Gasteiger partial charge in [-0.15, -0.1) is 0 Å². The van der Waals surface area contributed by atoms with Gasteiger partial charge < -0.3 is 10.4 Å². The minimum Gasteiger partial charge on any atom is -0.480 e. The smallest absolute Gasteiger partial charge is 0.323 e. The third-order valence-corrected chi connectivity index (χ3v) is 2.50. The Kier molecular flexibility index (Phi) is 3.79. The molecule has 72 valence electrons. The molecule has 0 aromatic rings. The Morgan fingerprint density at radius 2 is 2.08 bits per heavy atom. The van der Waals surface area contributed by atoms with Crippen LogP contribution in [-0.2, 0) is 4.79 Å². The molecule has 2 radical (unpaired) electrons. The first-order chi connectivity index (χ1) is 6.21. The Hall–Kier alpha value is -0.505. The van der Waals surface area contributed by atoms with Crippen LogP contribution < -0.4 is 5.32 Å². The van der Waals surface area contributed by atoms with Gasteiger partial charge in [0.15, 0.2) is 0 Å². The van der Waals surface area contributed by atoms with Crippen LogP contribution in [0.25, 0.3) is 0 Å². The van der Waals surface area contributed by atoms with Crippen LogP contribution in [0.4, 0.5) is 0 Å². The Morgan fingerprint density at radius 3 is 2.54 bits per heavy atom. The van der Waals surface area contributed by atoms with Crippen molar-refractivity contribution in [3.05, 3.63) is 0 Å². The summed E-state index contributed by atoms with van der Waals surface area (Å²) in [5.74, 6) is -0.702. The van der Waals surface area contributed by atoms with Gasteiger partial charge in [0.05, 0.1) is 7.85 Å². The fraction of sp³-hybridized carbons (Fsp3) is 0.889. The highest BCUT2D eigenvalue weighted by molar-refractivity contribution is 6.08. The molecule has 0 heterocycles. The van der Waals surface area contributed by atoms with Gasteiger partial charge in [0.25, 0.3) is 0 Å². The van der Waals surface area contributed by atoms with E-state index in [1.807, 2.05) is 0 Å². The molecule has 1 aliphatic rings. The SMILES string of the molecule is [B]CCCCCNC1(C(=O)O)CC1. The van der Waals surface area contributed by atoms with Gasteiger partial charge in [-0.05, 0) is 25.8 Å². The molecule has 0 aromatic heterocycles. The van der Waals surface area contributed by atoms with E-state index in [1.165, 1.54) is 0 Å². The zero-order valence-corrected chi connectivity index (χ0v) is 7.88. The third kappa shape index (κ3) is 3.03. The average molecular weight is 181 g/mol. The summed E-state index contributed by atoms with van der Waals surface area (Å²) < 4.78 is 0. The first-order valence-electron chi connectivity index (χ1n) is 4.90. The van der Waals surface area contributed by atoms with Gasteiger partial charge in [-0.25, -0.2) is 0 Å². The Bertz CT molecular complexity index is 180. The lowest BCUT2D eigenvalue weighted by molar-refractivity contribution is -0.140. The molecule has 0 atom stereocenters. The van der Waals surface area contributed by atoms with Gasteiger partial charge in [-0.3, -0.25) is 4.79 Å². The van der Waals surface area contributed by atoms with E-state index in [1.54, 1.807) is 0 Å². The number of rotatable bonds is 7. The van der Waals surface area contributed by atoms with Crippen LogP contribution in [0.15, 0.2) is 0 Å². The van der Waals surface area contributed by atoms with Crippen LogP contribution in [0.3, 0.4) is 0 Å². The maximum atomic E-state index is 10.7. The summed E-state index contributed by atoms with van der Waals surface area (Å²) in [7, 11) is 5.34. The van der Waals surface area contributed by atoms with Crippen molar-refractivity contribution in [1.82, 2.24) is 5.32 Å². The van der Waals surface area contributed by atoms with E-state index < -0.39 is 11.5 Å². The van der Waals surface area contributed by atoms with Crippen molar-refractivity contribution in [2.45, 2.75) is 44.0 Å². The van der Waals surface area contributed by atoms with Crippen LogP contribution in [0.5, 0.6) is 0 Å². The van der Waals surface area contributed by atoms with Gasteiger partial charge in [0.1, 0.15) is 5.54 Å². The monoisotopic (exact) mass is 181 g/mol. The Morgan fingerprint density at radius 1 is 1.38 bits per heavy atom. The largest absolute Gasteiger partial charge is 0.480 e. The number of aliphatic carboxylic acids is 1. The number of carbonyl (C=O) groups is 1. The van der Waals surface area contributed by atoms with E-state index >= 15 is 0 Å². The molecule has 1 saturated carbocycles. The molecule has 0 bridgehead atoms. The molecule has 1 rings (SSSR count).